The van der Waals surface area contributed by atoms with Gasteiger partial charge >= 0.3 is 31.3 Å². The number of hydrogen-bond acceptors (Lipinski definition) is 8. The third-order valence-corrected chi connectivity index (χ3v) is 5.17. The molecule has 0 N–H and O–H groups in total. The van der Waals surface area contributed by atoms with Crippen molar-refractivity contribution >= 4 is 20.2 Å². The summed E-state index contributed by atoms with van der Waals surface area (Å²) in [5.41, 5.74) is -11.4. The third kappa shape index (κ3) is 3.62. The van der Waals surface area contributed by atoms with E-state index in [-0.39, 0.29) is 0 Å². The SMILES string of the molecule is O=S(=O)(O[C@@H]1COC2C1OC[C@H]2OS(=O)(=O)C(F)(F)F)C(F)(F)F. The fourth-order valence-electron chi connectivity index (χ4n) is 2.03. The topological polar surface area (TPSA) is 105 Å². The lowest BCUT2D eigenvalue weighted by Gasteiger charge is -2.18. The van der Waals surface area contributed by atoms with Crippen molar-refractivity contribution in [1.82, 2.24) is 0 Å². The van der Waals surface area contributed by atoms with Crippen LogP contribution < -0.4 is 0 Å². The van der Waals surface area contributed by atoms with E-state index in [1.807, 2.05) is 0 Å². The lowest BCUT2D eigenvalue weighted by atomic mass is 10.1. The Morgan fingerprint density at radius 3 is 1.25 bits per heavy atom. The van der Waals surface area contributed by atoms with Crippen LogP contribution in [0, 0.1) is 0 Å². The van der Waals surface area contributed by atoms with Gasteiger partial charge in [-0.2, -0.15) is 43.2 Å². The Morgan fingerprint density at radius 2 is 1.00 bits per heavy atom. The van der Waals surface area contributed by atoms with Crippen LogP contribution in [0.15, 0.2) is 0 Å². The van der Waals surface area contributed by atoms with Gasteiger partial charge in [-0.25, -0.2) is 0 Å². The van der Waals surface area contributed by atoms with E-state index in [4.69, 9.17) is 9.47 Å². The first-order valence-electron chi connectivity index (χ1n) is 5.88. The van der Waals surface area contributed by atoms with Crippen LogP contribution >= 0.6 is 0 Å². The second-order valence-electron chi connectivity index (χ2n) is 4.66. The van der Waals surface area contributed by atoms with Crippen LogP contribution in [0.2, 0.25) is 0 Å². The molecular weight excluding hydrogens is 402 g/mol. The predicted octanol–water partition coefficient (Wildman–Crippen LogP) is 0.254. The van der Waals surface area contributed by atoms with Gasteiger partial charge in [0.1, 0.15) is 24.4 Å². The summed E-state index contributed by atoms with van der Waals surface area (Å²) in [6.45, 7) is -1.56. The van der Waals surface area contributed by atoms with Crippen molar-refractivity contribution in [2.75, 3.05) is 13.2 Å². The van der Waals surface area contributed by atoms with Crippen LogP contribution in [0.4, 0.5) is 26.3 Å². The number of rotatable bonds is 4. The number of alkyl halides is 6. The summed E-state index contributed by atoms with van der Waals surface area (Å²) in [4.78, 5) is 0. The summed E-state index contributed by atoms with van der Waals surface area (Å²) in [5, 5.41) is 0. The molecule has 2 unspecified atom stereocenters. The summed E-state index contributed by atoms with van der Waals surface area (Å²) in [6.07, 6.45) is -6.72. The van der Waals surface area contributed by atoms with Crippen LogP contribution in [0.25, 0.3) is 0 Å². The maximum atomic E-state index is 12.2. The Bertz CT molecular complexity index is 622. The molecule has 2 fully saturated rings. The van der Waals surface area contributed by atoms with Crippen LogP contribution in [-0.2, 0) is 38.1 Å². The molecule has 142 valence electrons. The molecule has 8 nitrogen and oxygen atoms in total. The maximum Gasteiger partial charge on any atom is 0.523 e. The average Bonchev–Trinajstić information content (AvgIpc) is 2.90. The van der Waals surface area contributed by atoms with E-state index in [2.05, 4.69) is 8.37 Å². The molecule has 0 aromatic rings. The first-order valence-corrected chi connectivity index (χ1v) is 8.70. The Balaban J connectivity index is 2.08. The molecule has 0 radical (unpaired) electrons. The second kappa shape index (κ2) is 5.94. The van der Waals surface area contributed by atoms with Gasteiger partial charge in [0, 0.05) is 0 Å². The molecule has 0 aliphatic carbocycles. The molecule has 0 aromatic carbocycles. The van der Waals surface area contributed by atoms with E-state index in [0.29, 0.717) is 0 Å². The van der Waals surface area contributed by atoms with Gasteiger partial charge in [-0.05, 0) is 0 Å². The summed E-state index contributed by atoms with van der Waals surface area (Å²) < 4.78 is 134. The van der Waals surface area contributed by atoms with Crippen LogP contribution in [0.1, 0.15) is 0 Å². The minimum atomic E-state index is -5.99. The Kier molecular flexibility index (Phi) is 4.86. The number of fused-ring (bicyclic) bond motifs is 1. The van der Waals surface area contributed by atoms with Crippen LogP contribution in [0.3, 0.4) is 0 Å². The van der Waals surface area contributed by atoms with Crippen molar-refractivity contribution < 1.29 is 61.0 Å². The maximum absolute atomic E-state index is 12.2. The smallest absolute Gasteiger partial charge is 0.370 e. The van der Waals surface area contributed by atoms with Crippen molar-refractivity contribution in [3.05, 3.63) is 0 Å². The fourth-order valence-corrected chi connectivity index (χ4v) is 3.23. The number of halogens is 6. The van der Waals surface area contributed by atoms with Gasteiger partial charge in [0.15, 0.2) is 0 Å². The Morgan fingerprint density at radius 1 is 0.708 bits per heavy atom. The highest BCUT2D eigenvalue weighted by Crippen LogP contribution is 2.36. The van der Waals surface area contributed by atoms with Crippen molar-refractivity contribution in [2.24, 2.45) is 0 Å². The minimum absolute atomic E-state index is 0.781. The highest BCUT2D eigenvalue weighted by molar-refractivity contribution is 7.87. The Labute approximate surface area is 130 Å². The number of hydrogen-bond donors (Lipinski definition) is 0. The van der Waals surface area contributed by atoms with E-state index in [0.717, 1.165) is 0 Å². The first kappa shape index (κ1) is 19.6. The number of ether oxygens (including phenoxy) is 2. The molecule has 2 aliphatic rings. The molecule has 0 saturated carbocycles. The predicted molar refractivity (Wildman–Crippen MR) is 59.2 cm³/mol. The molecule has 2 aliphatic heterocycles. The second-order valence-corrected chi connectivity index (χ2v) is 7.79. The summed E-state index contributed by atoms with van der Waals surface area (Å²) in [5.74, 6) is 0. The molecule has 2 heterocycles. The van der Waals surface area contributed by atoms with Gasteiger partial charge < -0.3 is 9.47 Å². The largest absolute Gasteiger partial charge is 0.523 e. The third-order valence-electron chi connectivity index (χ3n) is 3.03. The fraction of sp³-hybridized carbons (Fsp3) is 1.00. The zero-order valence-corrected chi connectivity index (χ0v) is 12.7. The van der Waals surface area contributed by atoms with Crippen molar-refractivity contribution in [3.8, 4) is 0 Å². The highest BCUT2D eigenvalue weighted by atomic mass is 32.2. The van der Waals surface area contributed by atoms with Crippen LogP contribution in [-0.4, -0.2) is 65.5 Å². The molecule has 2 rings (SSSR count). The monoisotopic (exact) mass is 410 g/mol. The van der Waals surface area contributed by atoms with Gasteiger partial charge in [0.25, 0.3) is 0 Å². The van der Waals surface area contributed by atoms with Gasteiger partial charge in [0.2, 0.25) is 0 Å². The minimum Gasteiger partial charge on any atom is -0.370 e. The molecule has 0 aromatic heterocycles. The lowest BCUT2D eigenvalue weighted by Crippen LogP contribution is -2.39. The highest BCUT2D eigenvalue weighted by Gasteiger charge is 2.57. The van der Waals surface area contributed by atoms with Crippen LogP contribution in [0.5, 0.6) is 0 Å². The zero-order valence-electron chi connectivity index (χ0n) is 11.1. The normalized spacial score (nSPS) is 32.1. The van der Waals surface area contributed by atoms with E-state index >= 15 is 0 Å². The molecule has 24 heavy (non-hydrogen) atoms. The quantitative estimate of drug-likeness (QED) is 0.369. The Hall–Kier alpha value is -0.680. The van der Waals surface area contributed by atoms with E-state index in [9.17, 15) is 43.2 Å². The van der Waals surface area contributed by atoms with Crippen molar-refractivity contribution in [1.29, 1.82) is 0 Å². The standard InChI is InChI=1S/C8H8F6O8S2/c9-7(10,11)23(15,16)21-3-1-19-6-4(2-20-5(3)6)22-24(17,18)8(12,13)14/h3-6H,1-2H2/t3-,4-,5?,6?/m1/s1. The summed E-state index contributed by atoms with van der Waals surface area (Å²) in [6, 6.07) is 0. The van der Waals surface area contributed by atoms with Crippen molar-refractivity contribution in [3.63, 3.8) is 0 Å². The summed E-state index contributed by atoms with van der Waals surface area (Å²) in [7, 11) is -12.0. The van der Waals surface area contributed by atoms with Gasteiger partial charge in [-0.15, -0.1) is 0 Å². The van der Waals surface area contributed by atoms with E-state index in [1.54, 1.807) is 0 Å². The molecular formula is C8H8F6O8S2. The van der Waals surface area contributed by atoms with E-state index < -0.39 is 68.9 Å². The molecule has 16 heteroatoms. The molecule has 2 saturated heterocycles. The first-order chi connectivity index (χ1) is 10.7. The zero-order chi connectivity index (χ0) is 18.6. The average molecular weight is 410 g/mol. The molecule has 0 bridgehead atoms. The van der Waals surface area contributed by atoms with Gasteiger partial charge in [-0.3, -0.25) is 8.37 Å². The summed E-state index contributed by atoms with van der Waals surface area (Å²) >= 11 is 0. The van der Waals surface area contributed by atoms with Gasteiger partial charge in [-0.1, -0.05) is 0 Å². The van der Waals surface area contributed by atoms with Gasteiger partial charge in [0.05, 0.1) is 13.2 Å². The van der Waals surface area contributed by atoms with E-state index in [1.165, 1.54) is 0 Å². The molecule has 0 spiro atoms. The molecule has 4 atom stereocenters. The molecule has 0 amide bonds. The van der Waals surface area contributed by atoms with Crippen molar-refractivity contribution in [2.45, 2.75) is 35.4 Å². The lowest BCUT2D eigenvalue weighted by molar-refractivity contribution is -0.0651.